The van der Waals surface area contributed by atoms with Gasteiger partial charge in [-0.05, 0) is 37.6 Å². The Morgan fingerprint density at radius 1 is 1.53 bits per heavy atom. The summed E-state index contributed by atoms with van der Waals surface area (Å²) in [5, 5.41) is 8.83. The van der Waals surface area contributed by atoms with Crippen molar-refractivity contribution >= 4 is 5.97 Å². The van der Waals surface area contributed by atoms with E-state index in [1.54, 1.807) is 0 Å². The van der Waals surface area contributed by atoms with E-state index in [0.717, 1.165) is 45.2 Å². The molecule has 1 aliphatic heterocycles. The molecule has 2 rings (SSSR count). The number of esters is 1. The van der Waals surface area contributed by atoms with E-state index in [9.17, 15) is 4.79 Å². The van der Waals surface area contributed by atoms with Crippen molar-refractivity contribution in [3.8, 4) is 6.07 Å². The van der Waals surface area contributed by atoms with Crippen LogP contribution in [0.15, 0.2) is 0 Å². The number of hydrogen-bond donors (Lipinski definition) is 0. The van der Waals surface area contributed by atoms with E-state index < -0.39 is 0 Å². The molecular formula is C13H20N2O2. The Hall–Kier alpha value is -1.08. The normalized spacial score (nSPS) is 27.2. The van der Waals surface area contributed by atoms with Crippen molar-refractivity contribution in [2.75, 3.05) is 20.2 Å². The van der Waals surface area contributed by atoms with Crippen molar-refractivity contribution in [2.45, 2.75) is 44.6 Å². The third-order valence-corrected chi connectivity index (χ3v) is 4.04. The Morgan fingerprint density at radius 2 is 2.29 bits per heavy atom. The van der Waals surface area contributed by atoms with E-state index in [1.807, 2.05) is 0 Å². The molecule has 0 bridgehead atoms. The molecule has 0 aromatic rings. The van der Waals surface area contributed by atoms with Crippen LogP contribution in [0.4, 0.5) is 0 Å². The summed E-state index contributed by atoms with van der Waals surface area (Å²) in [6.07, 6.45) is 6.03. The summed E-state index contributed by atoms with van der Waals surface area (Å²) in [4.78, 5) is 13.9. The van der Waals surface area contributed by atoms with E-state index in [2.05, 4.69) is 11.0 Å². The predicted molar refractivity (Wildman–Crippen MR) is 63.1 cm³/mol. The molecule has 94 valence electrons. The first-order valence-electron chi connectivity index (χ1n) is 6.40. The summed E-state index contributed by atoms with van der Waals surface area (Å²) in [7, 11) is 1.46. The van der Waals surface area contributed by atoms with Gasteiger partial charge in [0.2, 0.25) is 0 Å². The van der Waals surface area contributed by atoms with Gasteiger partial charge in [-0.2, -0.15) is 5.26 Å². The molecule has 4 heteroatoms. The van der Waals surface area contributed by atoms with Gasteiger partial charge in [0.05, 0.1) is 13.2 Å². The van der Waals surface area contributed by atoms with E-state index in [-0.39, 0.29) is 17.4 Å². The van der Waals surface area contributed by atoms with Gasteiger partial charge in [0.15, 0.2) is 0 Å². The molecule has 1 aliphatic carbocycles. The van der Waals surface area contributed by atoms with Gasteiger partial charge < -0.3 is 4.74 Å². The molecule has 1 unspecified atom stereocenters. The van der Waals surface area contributed by atoms with E-state index in [4.69, 9.17) is 10.00 Å². The van der Waals surface area contributed by atoms with E-state index >= 15 is 0 Å². The van der Waals surface area contributed by atoms with Gasteiger partial charge in [-0.1, -0.05) is 6.42 Å². The lowest BCUT2D eigenvalue weighted by Crippen LogP contribution is -2.47. The summed E-state index contributed by atoms with van der Waals surface area (Å²) in [5.74, 6) is -0.113. The van der Waals surface area contributed by atoms with Crippen LogP contribution in [-0.4, -0.2) is 37.1 Å². The number of carbonyl (C=O) groups is 1. The highest BCUT2D eigenvalue weighted by Crippen LogP contribution is 2.49. The maximum absolute atomic E-state index is 11.7. The van der Waals surface area contributed by atoms with Crippen molar-refractivity contribution in [3.05, 3.63) is 0 Å². The van der Waals surface area contributed by atoms with Crippen LogP contribution in [-0.2, 0) is 9.53 Å². The number of carbonyl (C=O) groups excluding carboxylic acids is 1. The van der Waals surface area contributed by atoms with Crippen molar-refractivity contribution in [1.29, 1.82) is 5.26 Å². The molecule has 1 heterocycles. The number of ether oxygens (including phenoxy) is 1. The number of rotatable bonds is 4. The van der Waals surface area contributed by atoms with Crippen LogP contribution in [0.5, 0.6) is 0 Å². The number of nitrogens with zero attached hydrogens (tertiary/aromatic N) is 2. The van der Waals surface area contributed by atoms with Crippen molar-refractivity contribution in [2.24, 2.45) is 5.41 Å². The van der Waals surface area contributed by atoms with Crippen LogP contribution in [0.2, 0.25) is 0 Å². The Morgan fingerprint density at radius 3 is 2.88 bits per heavy atom. The summed E-state index contributed by atoms with van der Waals surface area (Å²) < 4.78 is 4.87. The number of nitriles is 1. The fraction of sp³-hybridized carbons (Fsp3) is 0.846. The summed E-state index contributed by atoms with van der Waals surface area (Å²) >= 11 is 0. The average molecular weight is 236 g/mol. The van der Waals surface area contributed by atoms with Gasteiger partial charge in [0.1, 0.15) is 6.04 Å². The van der Waals surface area contributed by atoms with Crippen LogP contribution < -0.4 is 0 Å². The zero-order chi connectivity index (χ0) is 12.3. The molecule has 0 aromatic heterocycles. The van der Waals surface area contributed by atoms with Crippen LogP contribution in [0.3, 0.4) is 0 Å². The zero-order valence-corrected chi connectivity index (χ0v) is 10.4. The molecule has 1 saturated heterocycles. The predicted octanol–water partition coefficient (Wildman–Crippen LogP) is 1.71. The van der Waals surface area contributed by atoms with Gasteiger partial charge in [-0.25, -0.2) is 0 Å². The maximum Gasteiger partial charge on any atom is 0.323 e. The van der Waals surface area contributed by atoms with Crippen LogP contribution >= 0.6 is 0 Å². The topological polar surface area (TPSA) is 53.3 Å². The van der Waals surface area contributed by atoms with Crippen molar-refractivity contribution in [3.63, 3.8) is 0 Å². The lowest BCUT2D eigenvalue weighted by atomic mass is 9.97. The molecule has 1 saturated carbocycles. The Labute approximate surface area is 103 Å². The molecule has 0 radical (unpaired) electrons. The van der Waals surface area contributed by atoms with Gasteiger partial charge in [0, 0.05) is 13.0 Å². The lowest BCUT2D eigenvalue weighted by Gasteiger charge is -2.35. The first-order chi connectivity index (χ1) is 8.21. The minimum atomic E-state index is -0.113. The van der Waals surface area contributed by atoms with Crippen LogP contribution in [0, 0.1) is 16.7 Å². The maximum atomic E-state index is 11.7. The Kier molecular flexibility index (Phi) is 3.68. The summed E-state index contributed by atoms with van der Waals surface area (Å²) in [6, 6.07) is 2.20. The quantitative estimate of drug-likeness (QED) is 0.697. The molecule has 0 amide bonds. The third kappa shape index (κ3) is 2.78. The molecule has 0 N–H and O–H groups in total. The molecule has 2 aliphatic rings. The second-order valence-electron chi connectivity index (χ2n) is 5.34. The van der Waals surface area contributed by atoms with Gasteiger partial charge in [0.25, 0.3) is 0 Å². The monoisotopic (exact) mass is 236 g/mol. The fourth-order valence-corrected chi connectivity index (χ4v) is 2.75. The molecule has 0 spiro atoms. The standard InChI is InChI=1S/C13H20N2O2/c1-17-12(16)11-4-2-3-9-15(11)10-13(5-6-13)7-8-14/h11H,2-7,9-10H2,1H3. The third-order valence-electron chi connectivity index (χ3n) is 4.04. The SMILES string of the molecule is COC(=O)C1CCCCN1CC1(CC#N)CC1. The van der Waals surface area contributed by atoms with Gasteiger partial charge in [-0.15, -0.1) is 0 Å². The smallest absolute Gasteiger partial charge is 0.323 e. The largest absolute Gasteiger partial charge is 0.468 e. The second-order valence-corrected chi connectivity index (χ2v) is 5.34. The fourth-order valence-electron chi connectivity index (χ4n) is 2.75. The number of methoxy groups -OCH3 is 1. The highest BCUT2D eigenvalue weighted by Gasteiger charge is 2.45. The molecule has 17 heavy (non-hydrogen) atoms. The summed E-state index contributed by atoms with van der Waals surface area (Å²) in [5.41, 5.74) is 0.179. The Balaban J connectivity index is 1.97. The van der Waals surface area contributed by atoms with Crippen LogP contribution in [0.1, 0.15) is 38.5 Å². The second kappa shape index (κ2) is 5.05. The molecule has 2 fully saturated rings. The molecule has 0 aromatic carbocycles. The van der Waals surface area contributed by atoms with Crippen LogP contribution in [0.25, 0.3) is 0 Å². The van der Waals surface area contributed by atoms with Gasteiger partial charge in [-0.3, -0.25) is 9.69 Å². The summed E-state index contributed by atoms with van der Waals surface area (Å²) in [6.45, 7) is 1.85. The number of likely N-dealkylation sites (tertiary alicyclic amines) is 1. The van der Waals surface area contributed by atoms with E-state index in [1.165, 1.54) is 7.11 Å². The lowest BCUT2D eigenvalue weighted by molar-refractivity contribution is -0.148. The average Bonchev–Trinajstić information content (AvgIpc) is 3.09. The first-order valence-corrected chi connectivity index (χ1v) is 6.40. The highest BCUT2D eigenvalue weighted by molar-refractivity contribution is 5.75. The number of hydrogen-bond acceptors (Lipinski definition) is 4. The molecule has 4 nitrogen and oxygen atoms in total. The Bertz CT molecular complexity index is 331. The molecular weight excluding hydrogens is 216 g/mol. The highest BCUT2D eigenvalue weighted by atomic mass is 16.5. The van der Waals surface area contributed by atoms with Crippen molar-refractivity contribution in [1.82, 2.24) is 4.90 Å². The van der Waals surface area contributed by atoms with Crippen molar-refractivity contribution < 1.29 is 9.53 Å². The number of piperidine rings is 1. The minimum Gasteiger partial charge on any atom is -0.468 e. The molecule has 1 atom stereocenters. The zero-order valence-electron chi connectivity index (χ0n) is 10.4. The first kappa shape index (κ1) is 12.4. The van der Waals surface area contributed by atoms with E-state index in [0.29, 0.717) is 6.42 Å². The minimum absolute atomic E-state index is 0.0788. The van der Waals surface area contributed by atoms with Gasteiger partial charge >= 0.3 is 5.97 Å².